The Hall–Kier alpha value is -0.160. The van der Waals surface area contributed by atoms with E-state index in [1.165, 1.54) is 14.0 Å². The normalized spacial score (nSPS) is 15.1. The Labute approximate surface area is 60.4 Å². The van der Waals surface area contributed by atoms with Crippen LogP contribution in [0, 0.1) is 0 Å². The molecule has 0 saturated heterocycles. The highest BCUT2D eigenvalue weighted by Gasteiger charge is 2.18. The Kier molecular flexibility index (Phi) is 3.81. The van der Waals surface area contributed by atoms with Gasteiger partial charge in [-0.2, -0.15) is 8.42 Å². The van der Waals surface area contributed by atoms with Crippen molar-refractivity contribution in [2.24, 2.45) is 0 Å². The summed E-state index contributed by atoms with van der Waals surface area (Å²) >= 11 is 0. The molecule has 0 spiro atoms. The molecule has 0 aromatic heterocycles. The van der Waals surface area contributed by atoms with Crippen molar-refractivity contribution in [2.45, 2.75) is 18.6 Å². The van der Waals surface area contributed by atoms with Gasteiger partial charge in [0.25, 0.3) is 0 Å². The summed E-state index contributed by atoms with van der Waals surface area (Å²) in [6, 6.07) is 0. The Morgan fingerprint density at radius 3 is 2.40 bits per heavy atom. The lowest BCUT2D eigenvalue weighted by molar-refractivity contribution is 0.194. The van der Waals surface area contributed by atoms with E-state index >= 15 is 0 Å². The second-order valence-electron chi connectivity index (χ2n) is 2.07. The summed E-state index contributed by atoms with van der Waals surface area (Å²) in [5.74, 6) is 0. The molecule has 1 atom stereocenters. The fourth-order valence-corrected chi connectivity index (χ4v) is 0.802. The number of hydrogen-bond donors (Lipinski definition) is 0. The summed E-state index contributed by atoms with van der Waals surface area (Å²) in [4.78, 5) is 0. The molecule has 0 aromatic rings. The number of halogens is 1. The van der Waals surface area contributed by atoms with Crippen LogP contribution in [-0.4, -0.2) is 27.4 Å². The maximum Gasteiger partial charge on any atom is 0.305 e. The van der Waals surface area contributed by atoms with Crippen LogP contribution in [0.4, 0.5) is 3.89 Å². The van der Waals surface area contributed by atoms with Crippen molar-refractivity contribution in [1.29, 1.82) is 0 Å². The largest absolute Gasteiger partial charge is 0.385 e. The van der Waals surface area contributed by atoms with Gasteiger partial charge in [0.15, 0.2) is 0 Å². The summed E-state index contributed by atoms with van der Waals surface area (Å²) in [5.41, 5.74) is 0. The van der Waals surface area contributed by atoms with Crippen LogP contribution >= 0.6 is 0 Å². The molecule has 62 valence electrons. The van der Waals surface area contributed by atoms with Gasteiger partial charge in [-0.05, 0) is 13.3 Å². The minimum atomic E-state index is -4.36. The molecule has 0 rings (SSSR count). The molecule has 10 heavy (non-hydrogen) atoms. The molecule has 0 aromatic carbocycles. The van der Waals surface area contributed by atoms with Crippen molar-refractivity contribution in [3.8, 4) is 0 Å². The Morgan fingerprint density at radius 1 is 1.60 bits per heavy atom. The van der Waals surface area contributed by atoms with Gasteiger partial charge >= 0.3 is 10.2 Å². The van der Waals surface area contributed by atoms with Crippen LogP contribution in [0.3, 0.4) is 0 Å². The molecule has 0 radical (unpaired) electrons. The quantitative estimate of drug-likeness (QED) is 0.583. The van der Waals surface area contributed by atoms with Crippen molar-refractivity contribution >= 4 is 10.2 Å². The van der Waals surface area contributed by atoms with E-state index in [-0.39, 0.29) is 13.0 Å². The van der Waals surface area contributed by atoms with Crippen LogP contribution in [0.15, 0.2) is 0 Å². The summed E-state index contributed by atoms with van der Waals surface area (Å²) in [6.07, 6.45) is 0.204. The van der Waals surface area contributed by atoms with Gasteiger partial charge in [0.1, 0.15) is 0 Å². The summed E-state index contributed by atoms with van der Waals surface area (Å²) < 4.78 is 36.8. The highest BCUT2D eigenvalue weighted by Crippen LogP contribution is 2.06. The fraction of sp³-hybridized carbons (Fsp3) is 1.00. The highest BCUT2D eigenvalue weighted by atomic mass is 32.3. The highest BCUT2D eigenvalue weighted by molar-refractivity contribution is 7.86. The summed E-state index contributed by atoms with van der Waals surface area (Å²) in [6.45, 7) is 1.58. The predicted molar refractivity (Wildman–Crippen MR) is 36.0 cm³/mol. The van der Waals surface area contributed by atoms with Gasteiger partial charge in [-0.1, -0.05) is 0 Å². The van der Waals surface area contributed by atoms with Crippen molar-refractivity contribution < 1.29 is 17.0 Å². The van der Waals surface area contributed by atoms with E-state index < -0.39 is 15.5 Å². The molecule has 0 bridgehead atoms. The van der Waals surface area contributed by atoms with E-state index in [0.717, 1.165) is 0 Å². The zero-order valence-electron chi connectivity index (χ0n) is 6.00. The van der Waals surface area contributed by atoms with Crippen LogP contribution in [0.5, 0.6) is 0 Å². The summed E-state index contributed by atoms with van der Waals surface area (Å²) in [7, 11) is -2.91. The monoisotopic (exact) mass is 170 g/mol. The van der Waals surface area contributed by atoms with Gasteiger partial charge in [0.2, 0.25) is 0 Å². The molecule has 5 heteroatoms. The molecule has 1 unspecified atom stereocenters. The van der Waals surface area contributed by atoms with E-state index in [1.807, 2.05) is 0 Å². The third kappa shape index (κ3) is 3.79. The average Bonchev–Trinajstić information content (AvgIpc) is 1.80. The standard InChI is InChI=1S/C5H11FO3S/c1-5(3-4-9-2)10(6,7)8/h5H,3-4H2,1-2H3. The zero-order chi connectivity index (χ0) is 8.20. The molecule has 3 nitrogen and oxygen atoms in total. The second kappa shape index (κ2) is 3.88. The minimum absolute atomic E-state index is 0.204. The van der Waals surface area contributed by atoms with Crippen molar-refractivity contribution in [2.75, 3.05) is 13.7 Å². The van der Waals surface area contributed by atoms with Crippen LogP contribution in [0.25, 0.3) is 0 Å². The smallest absolute Gasteiger partial charge is 0.305 e. The second-order valence-corrected chi connectivity index (χ2v) is 3.82. The minimum Gasteiger partial charge on any atom is -0.385 e. The lowest BCUT2D eigenvalue weighted by Crippen LogP contribution is -2.14. The molecule has 0 aliphatic rings. The lowest BCUT2D eigenvalue weighted by Gasteiger charge is -2.03. The Balaban J connectivity index is 3.75. The van der Waals surface area contributed by atoms with Crippen LogP contribution in [0.2, 0.25) is 0 Å². The molecule has 0 saturated carbocycles. The number of ether oxygens (including phenoxy) is 1. The van der Waals surface area contributed by atoms with Gasteiger partial charge in [0, 0.05) is 13.7 Å². The number of hydrogen-bond acceptors (Lipinski definition) is 3. The first-order chi connectivity index (χ1) is 4.48. The fourth-order valence-electron chi connectivity index (χ4n) is 0.425. The first kappa shape index (κ1) is 9.84. The van der Waals surface area contributed by atoms with Crippen LogP contribution in [-0.2, 0) is 15.0 Å². The molecule has 0 heterocycles. The van der Waals surface area contributed by atoms with E-state index in [9.17, 15) is 12.3 Å². The Morgan fingerprint density at radius 2 is 2.10 bits per heavy atom. The summed E-state index contributed by atoms with van der Waals surface area (Å²) in [5, 5.41) is -0.951. The van der Waals surface area contributed by atoms with E-state index in [4.69, 9.17) is 0 Å². The third-order valence-corrected chi connectivity index (χ3v) is 2.41. The SMILES string of the molecule is COCCC(C)S(=O)(=O)F. The molecule has 0 N–H and O–H groups in total. The molecular formula is C5H11FO3S. The third-order valence-electron chi connectivity index (χ3n) is 1.21. The van der Waals surface area contributed by atoms with Crippen LogP contribution in [0.1, 0.15) is 13.3 Å². The van der Waals surface area contributed by atoms with Crippen molar-refractivity contribution in [3.63, 3.8) is 0 Å². The van der Waals surface area contributed by atoms with Crippen molar-refractivity contribution in [3.05, 3.63) is 0 Å². The van der Waals surface area contributed by atoms with Gasteiger partial charge in [-0.15, -0.1) is 3.89 Å². The zero-order valence-corrected chi connectivity index (χ0v) is 6.82. The van der Waals surface area contributed by atoms with E-state index in [2.05, 4.69) is 4.74 Å². The molecular weight excluding hydrogens is 159 g/mol. The first-order valence-electron chi connectivity index (χ1n) is 2.91. The van der Waals surface area contributed by atoms with Gasteiger partial charge in [-0.3, -0.25) is 0 Å². The van der Waals surface area contributed by atoms with Crippen LogP contribution < -0.4 is 0 Å². The maximum absolute atomic E-state index is 12.0. The number of rotatable bonds is 4. The average molecular weight is 170 g/mol. The van der Waals surface area contributed by atoms with Gasteiger partial charge in [-0.25, -0.2) is 0 Å². The molecule has 0 aliphatic carbocycles. The lowest BCUT2D eigenvalue weighted by atomic mass is 10.3. The molecule has 0 aliphatic heterocycles. The van der Waals surface area contributed by atoms with E-state index in [0.29, 0.717) is 0 Å². The molecule has 0 fully saturated rings. The topological polar surface area (TPSA) is 43.4 Å². The van der Waals surface area contributed by atoms with Gasteiger partial charge in [0.05, 0.1) is 5.25 Å². The number of methoxy groups -OCH3 is 1. The Bertz CT molecular complexity index is 175. The molecule has 0 amide bonds. The van der Waals surface area contributed by atoms with E-state index in [1.54, 1.807) is 0 Å². The predicted octanol–water partition coefficient (Wildman–Crippen LogP) is 0.711. The van der Waals surface area contributed by atoms with Gasteiger partial charge < -0.3 is 4.74 Å². The maximum atomic E-state index is 12.0. The van der Waals surface area contributed by atoms with Crippen molar-refractivity contribution in [1.82, 2.24) is 0 Å². The first-order valence-corrected chi connectivity index (χ1v) is 4.35.